The lowest BCUT2D eigenvalue weighted by atomic mass is 10.2. The summed E-state index contributed by atoms with van der Waals surface area (Å²) in [5, 5.41) is 0. The number of H-pyrrole nitrogens is 1. The fourth-order valence-electron chi connectivity index (χ4n) is 1.97. The number of rotatable bonds is 1. The van der Waals surface area contributed by atoms with Gasteiger partial charge in [0.2, 0.25) is 0 Å². The summed E-state index contributed by atoms with van der Waals surface area (Å²) in [6.45, 7) is 0. The van der Waals surface area contributed by atoms with Crippen molar-refractivity contribution in [2.24, 2.45) is 0 Å². The molecule has 3 aromatic rings. The fourth-order valence-corrected chi connectivity index (χ4v) is 2.75. The SMILES string of the molecule is Fc1cc2c(cc1I)[nH]c(=S)n2-c1ccccc1F. The number of nitrogens with zero attached hydrogens (tertiary/aromatic N) is 1. The topological polar surface area (TPSA) is 20.7 Å². The van der Waals surface area contributed by atoms with E-state index in [1.165, 1.54) is 16.7 Å². The summed E-state index contributed by atoms with van der Waals surface area (Å²) in [6, 6.07) is 9.27. The number of fused-ring (bicyclic) bond motifs is 1. The number of hydrogen-bond acceptors (Lipinski definition) is 1. The van der Waals surface area contributed by atoms with Crippen molar-refractivity contribution in [3.63, 3.8) is 0 Å². The molecule has 96 valence electrons. The van der Waals surface area contributed by atoms with Crippen LogP contribution < -0.4 is 0 Å². The van der Waals surface area contributed by atoms with Crippen LogP contribution >= 0.6 is 34.8 Å². The van der Waals surface area contributed by atoms with Gasteiger partial charge in [-0.05, 0) is 53.0 Å². The summed E-state index contributed by atoms with van der Waals surface area (Å²) in [5.41, 5.74) is 1.51. The highest BCUT2D eigenvalue weighted by Crippen LogP contribution is 2.24. The van der Waals surface area contributed by atoms with Crippen LogP contribution in [0.3, 0.4) is 0 Å². The van der Waals surface area contributed by atoms with Gasteiger partial charge in [0, 0.05) is 6.07 Å². The first-order valence-corrected chi connectivity index (χ1v) is 6.91. The standard InChI is InChI=1S/C13H7F2IN2S/c14-7-3-1-2-4-11(7)18-12-5-8(15)9(16)6-10(12)17-13(18)19/h1-6H,(H,17,19). The van der Waals surface area contributed by atoms with E-state index in [0.717, 1.165) is 0 Å². The quantitative estimate of drug-likeness (QED) is 0.479. The van der Waals surface area contributed by atoms with Crippen LogP contribution in [0, 0.1) is 20.0 Å². The molecule has 0 spiro atoms. The van der Waals surface area contributed by atoms with Crippen LogP contribution in [0.2, 0.25) is 0 Å². The number of halogens is 3. The smallest absolute Gasteiger partial charge is 0.182 e. The van der Waals surface area contributed by atoms with E-state index in [2.05, 4.69) is 4.98 Å². The first-order valence-electron chi connectivity index (χ1n) is 5.42. The van der Waals surface area contributed by atoms with Crippen LogP contribution in [0.1, 0.15) is 0 Å². The molecule has 0 aliphatic carbocycles. The van der Waals surface area contributed by atoms with E-state index in [9.17, 15) is 8.78 Å². The molecule has 3 rings (SSSR count). The van der Waals surface area contributed by atoms with Gasteiger partial charge < -0.3 is 4.98 Å². The highest BCUT2D eigenvalue weighted by atomic mass is 127. The Morgan fingerprint density at radius 2 is 1.84 bits per heavy atom. The van der Waals surface area contributed by atoms with E-state index in [4.69, 9.17) is 12.2 Å². The molecule has 2 nitrogen and oxygen atoms in total. The van der Waals surface area contributed by atoms with Crippen molar-refractivity contribution in [3.05, 3.63) is 56.4 Å². The second kappa shape index (κ2) is 4.68. The predicted octanol–water partition coefficient (Wildman–Crippen LogP) is 4.57. The average Bonchev–Trinajstić information content (AvgIpc) is 2.66. The first kappa shape index (κ1) is 12.7. The molecule has 19 heavy (non-hydrogen) atoms. The molecule has 1 aromatic heterocycles. The first-order chi connectivity index (χ1) is 9.08. The van der Waals surface area contributed by atoms with Crippen LogP contribution in [-0.4, -0.2) is 9.55 Å². The summed E-state index contributed by atoms with van der Waals surface area (Å²) in [7, 11) is 0. The Morgan fingerprint density at radius 1 is 1.11 bits per heavy atom. The van der Waals surface area contributed by atoms with Gasteiger partial charge >= 0.3 is 0 Å². The Morgan fingerprint density at radius 3 is 2.58 bits per heavy atom. The number of hydrogen-bond donors (Lipinski definition) is 1. The number of imidazole rings is 1. The number of benzene rings is 2. The lowest BCUT2D eigenvalue weighted by Crippen LogP contribution is -1.97. The average molecular weight is 388 g/mol. The molecular weight excluding hydrogens is 381 g/mol. The van der Waals surface area contributed by atoms with Gasteiger partial charge in [-0.15, -0.1) is 0 Å². The van der Waals surface area contributed by atoms with E-state index in [-0.39, 0.29) is 5.82 Å². The van der Waals surface area contributed by atoms with Crippen molar-refractivity contribution in [2.45, 2.75) is 0 Å². The molecule has 2 aromatic carbocycles. The molecule has 0 saturated carbocycles. The summed E-state index contributed by atoms with van der Waals surface area (Å²) in [4.78, 5) is 2.96. The largest absolute Gasteiger partial charge is 0.330 e. The molecule has 0 unspecified atom stereocenters. The van der Waals surface area contributed by atoms with Gasteiger partial charge in [-0.3, -0.25) is 4.57 Å². The van der Waals surface area contributed by atoms with Crippen LogP contribution in [0.5, 0.6) is 0 Å². The summed E-state index contributed by atoms with van der Waals surface area (Å²) >= 11 is 7.10. The Labute approximate surface area is 126 Å². The highest BCUT2D eigenvalue weighted by Gasteiger charge is 2.12. The van der Waals surface area contributed by atoms with Crippen molar-refractivity contribution < 1.29 is 8.78 Å². The van der Waals surface area contributed by atoms with E-state index >= 15 is 0 Å². The van der Waals surface area contributed by atoms with Gasteiger partial charge in [0.25, 0.3) is 0 Å². The summed E-state index contributed by atoms with van der Waals surface area (Å²) in [5.74, 6) is -0.759. The zero-order valence-electron chi connectivity index (χ0n) is 9.45. The predicted molar refractivity (Wildman–Crippen MR) is 81.1 cm³/mol. The molecule has 0 amide bonds. The molecule has 0 aliphatic heterocycles. The Bertz CT molecular complexity index is 838. The fraction of sp³-hybridized carbons (Fsp3) is 0. The van der Waals surface area contributed by atoms with Crippen LogP contribution in [-0.2, 0) is 0 Å². The summed E-state index contributed by atoms with van der Waals surface area (Å²) < 4.78 is 29.9. The lowest BCUT2D eigenvalue weighted by molar-refractivity contribution is 0.616. The van der Waals surface area contributed by atoms with E-state index in [0.29, 0.717) is 25.1 Å². The van der Waals surface area contributed by atoms with Gasteiger partial charge in [-0.1, -0.05) is 12.1 Å². The van der Waals surface area contributed by atoms with Gasteiger partial charge in [0.15, 0.2) is 4.77 Å². The van der Waals surface area contributed by atoms with Crippen molar-refractivity contribution in [2.75, 3.05) is 0 Å². The number of para-hydroxylation sites is 1. The van der Waals surface area contributed by atoms with E-state index in [1.54, 1.807) is 24.3 Å². The third-order valence-corrected chi connectivity index (χ3v) is 3.93. The zero-order chi connectivity index (χ0) is 13.6. The van der Waals surface area contributed by atoms with Crippen molar-refractivity contribution in [1.82, 2.24) is 9.55 Å². The molecular formula is C13H7F2IN2S. The molecule has 0 fully saturated rings. The van der Waals surface area contributed by atoms with Crippen molar-refractivity contribution in [1.29, 1.82) is 0 Å². The third-order valence-electron chi connectivity index (χ3n) is 2.82. The van der Waals surface area contributed by atoms with E-state index in [1.807, 2.05) is 22.6 Å². The van der Waals surface area contributed by atoms with E-state index < -0.39 is 5.82 Å². The minimum absolute atomic E-state index is 0.305. The lowest BCUT2D eigenvalue weighted by Gasteiger charge is -2.06. The van der Waals surface area contributed by atoms with Gasteiger partial charge in [0.1, 0.15) is 11.6 Å². The molecule has 0 radical (unpaired) electrons. The maximum Gasteiger partial charge on any atom is 0.182 e. The Balaban J connectivity index is 2.42. The molecule has 0 aliphatic rings. The Kier molecular flexibility index (Phi) is 3.14. The molecule has 0 bridgehead atoms. The molecule has 1 heterocycles. The summed E-state index contributed by atoms with van der Waals surface area (Å²) in [6.07, 6.45) is 0. The second-order valence-corrected chi connectivity index (χ2v) is 5.55. The van der Waals surface area contributed by atoms with Crippen LogP contribution in [0.15, 0.2) is 36.4 Å². The maximum absolute atomic E-state index is 13.9. The second-order valence-electron chi connectivity index (χ2n) is 4.00. The number of aromatic amines is 1. The highest BCUT2D eigenvalue weighted by molar-refractivity contribution is 14.1. The normalized spacial score (nSPS) is 11.1. The number of aromatic nitrogens is 2. The molecule has 6 heteroatoms. The monoisotopic (exact) mass is 388 g/mol. The molecule has 1 N–H and O–H groups in total. The third kappa shape index (κ3) is 2.08. The molecule has 0 atom stereocenters. The van der Waals surface area contributed by atoms with Crippen LogP contribution in [0.25, 0.3) is 16.7 Å². The minimum Gasteiger partial charge on any atom is -0.330 e. The maximum atomic E-state index is 13.9. The van der Waals surface area contributed by atoms with Gasteiger partial charge in [-0.25, -0.2) is 8.78 Å². The Hall–Kier alpha value is -1.28. The number of nitrogens with one attached hydrogen (secondary N) is 1. The van der Waals surface area contributed by atoms with Gasteiger partial charge in [-0.2, -0.15) is 0 Å². The minimum atomic E-state index is -0.404. The van der Waals surface area contributed by atoms with Gasteiger partial charge in [0.05, 0.1) is 20.3 Å². The van der Waals surface area contributed by atoms with Crippen molar-refractivity contribution >= 4 is 45.8 Å². The molecule has 0 saturated heterocycles. The zero-order valence-corrected chi connectivity index (χ0v) is 12.4. The van der Waals surface area contributed by atoms with Crippen LogP contribution in [0.4, 0.5) is 8.78 Å². The van der Waals surface area contributed by atoms with Crippen molar-refractivity contribution in [3.8, 4) is 5.69 Å².